The second-order valence-electron chi connectivity index (χ2n) is 11.4. The number of amides is 3. The molecule has 1 spiro atoms. The van der Waals surface area contributed by atoms with Gasteiger partial charge in [-0.15, -0.1) is 0 Å². The number of rotatable bonds is 4. The molecule has 2 atom stereocenters. The topological polar surface area (TPSA) is 91.4 Å². The molecule has 0 bridgehead atoms. The summed E-state index contributed by atoms with van der Waals surface area (Å²) in [5.41, 5.74) is 2.51. The molecule has 0 unspecified atom stereocenters. The molecule has 9 heteroatoms. The molecule has 200 valence electrons. The molecule has 6 rings (SSSR count). The molecule has 3 heterocycles. The van der Waals surface area contributed by atoms with Gasteiger partial charge < -0.3 is 15.5 Å². The van der Waals surface area contributed by atoms with Gasteiger partial charge in [-0.05, 0) is 72.7 Å². The number of carbonyl (C=O) groups excluding carboxylic acids is 3. The molecule has 7 nitrogen and oxygen atoms in total. The first-order valence-electron chi connectivity index (χ1n) is 13.0. The van der Waals surface area contributed by atoms with E-state index in [2.05, 4.69) is 15.6 Å². The van der Waals surface area contributed by atoms with Gasteiger partial charge in [0.05, 0.1) is 11.5 Å². The van der Waals surface area contributed by atoms with Gasteiger partial charge in [0.15, 0.2) is 11.6 Å². The molecule has 3 aliphatic rings. The Hall–Kier alpha value is -4.14. The number of aromatic nitrogens is 1. The molecule has 0 radical (unpaired) electrons. The number of hydrogen-bond donors (Lipinski definition) is 2. The predicted octanol–water partition coefficient (Wildman–Crippen LogP) is 4.68. The Balaban J connectivity index is 1.21. The highest BCUT2D eigenvalue weighted by Gasteiger charge is 2.51. The first kappa shape index (κ1) is 25.2. The normalized spacial score (nSPS) is 23.0. The molecule has 1 aliphatic carbocycles. The third-order valence-corrected chi connectivity index (χ3v) is 8.37. The van der Waals surface area contributed by atoms with Gasteiger partial charge in [-0.25, -0.2) is 13.8 Å². The van der Waals surface area contributed by atoms with Crippen LogP contribution in [0.5, 0.6) is 0 Å². The Morgan fingerprint density at radius 1 is 1.08 bits per heavy atom. The molecule has 1 fully saturated rings. The summed E-state index contributed by atoms with van der Waals surface area (Å²) in [6.07, 6.45) is 3.78. The highest BCUT2D eigenvalue weighted by Crippen LogP contribution is 2.47. The number of nitrogens with one attached hydrogen (secondary N) is 2. The summed E-state index contributed by atoms with van der Waals surface area (Å²) in [6.45, 7) is 3.42. The number of anilines is 2. The number of carbonyl (C=O) groups is 3. The van der Waals surface area contributed by atoms with Gasteiger partial charge in [0.25, 0.3) is 0 Å². The van der Waals surface area contributed by atoms with Crippen molar-refractivity contribution in [3.63, 3.8) is 0 Å². The molecule has 2 aliphatic heterocycles. The summed E-state index contributed by atoms with van der Waals surface area (Å²) in [5.74, 6) is -2.04. The largest absolute Gasteiger partial charge is 0.326 e. The zero-order valence-corrected chi connectivity index (χ0v) is 21.7. The highest BCUT2D eigenvalue weighted by atomic mass is 19.2. The van der Waals surface area contributed by atoms with E-state index in [-0.39, 0.29) is 18.4 Å². The maximum Gasteiger partial charge on any atom is 0.244 e. The monoisotopic (exact) mass is 530 g/mol. The van der Waals surface area contributed by atoms with Crippen molar-refractivity contribution in [3.05, 3.63) is 88.6 Å². The van der Waals surface area contributed by atoms with Crippen LogP contribution < -0.4 is 10.6 Å². The number of piperidine rings is 1. The van der Waals surface area contributed by atoms with Gasteiger partial charge >= 0.3 is 0 Å². The van der Waals surface area contributed by atoms with Crippen LogP contribution >= 0.6 is 0 Å². The van der Waals surface area contributed by atoms with Crippen molar-refractivity contribution in [2.45, 2.75) is 51.0 Å². The van der Waals surface area contributed by atoms with Crippen LogP contribution in [0.25, 0.3) is 0 Å². The lowest BCUT2D eigenvalue weighted by molar-refractivity contribution is -0.150. The minimum absolute atomic E-state index is 0.0764. The molecule has 1 saturated heterocycles. The molecular weight excluding hydrogens is 502 g/mol. The maximum atomic E-state index is 14.0. The minimum Gasteiger partial charge on any atom is -0.326 e. The summed E-state index contributed by atoms with van der Waals surface area (Å²) in [5, 5.41) is 5.78. The second kappa shape index (κ2) is 8.97. The average molecular weight is 531 g/mol. The number of pyridine rings is 1. The second-order valence-corrected chi connectivity index (χ2v) is 11.4. The van der Waals surface area contributed by atoms with Crippen LogP contribution in [0.3, 0.4) is 0 Å². The standard InChI is InChI=1S/C30H28F2N4O3/c1-29(2)10-9-24(17-6-8-22(31)23(32)13-17)36(28(29)39)16-25(37)34-20-7-5-18-14-30(15-19(18)12-20)21-4-3-11-33-26(21)35-27(30)38/h3-8,11-13,24H,9-10,14-16H2,1-2H3,(H,34,37)(H,33,35,38)/t24-,30+/m0/s1. The van der Waals surface area contributed by atoms with Gasteiger partial charge in [0, 0.05) is 22.9 Å². The fraction of sp³-hybridized carbons (Fsp3) is 0.333. The van der Waals surface area contributed by atoms with Gasteiger partial charge in [-0.2, -0.15) is 0 Å². The fourth-order valence-electron chi connectivity index (χ4n) is 6.24. The molecule has 39 heavy (non-hydrogen) atoms. The van der Waals surface area contributed by atoms with Gasteiger partial charge in [-0.1, -0.05) is 32.0 Å². The van der Waals surface area contributed by atoms with Gasteiger partial charge in [-0.3, -0.25) is 14.4 Å². The highest BCUT2D eigenvalue weighted by molar-refractivity contribution is 6.06. The van der Waals surface area contributed by atoms with Gasteiger partial charge in [0.1, 0.15) is 12.4 Å². The smallest absolute Gasteiger partial charge is 0.244 e. The van der Waals surface area contributed by atoms with E-state index in [0.717, 1.165) is 28.8 Å². The van der Waals surface area contributed by atoms with Crippen molar-refractivity contribution < 1.29 is 23.2 Å². The van der Waals surface area contributed by atoms with Crippen molar-refractivity contribution in [1.29, 1.82) is 0 Å². The zero-order valence-electron chi connectivity index (χ0n) is 21.7. The number of hydrogen-bond acceptors (Lipinski definition) is 4. The molecule has 0 saturated carbocycles. The number of benzene rings is 2. The lowest BCUT2D eigenvalue weighted by Gasteiger charge is -2.43. The third-order valence-electron chi connectivity index (χ3n) is 8.37. The lowest BCUT2D eigenvalue weighted by Crippen LogP contribution is -2.50. The van der Waals surface area contributed by atoms with Crippen molar-refractivity contribution in [1.82, 2.24) is 9.88 Å². The van der Waals surface area contributed by atoms with Crippen molar-refractivity contribution >= 4 is 29.2 Å². The van der Waals surface area contributed by atoms with Crippen LogP contribution in [-0.4, -0.2) is 34.2 Å². The van der Waals surface area contributed by atoms with E-state index in [1.807, 2.05) is 38.1 Å². The van der Waals surface area contributed by atoms with Crippen LogP contribution in [0.2, 0.25) is 0 Å². The summed E-state index contributed by atoms with van der Waals surface area (Å²) < 4.78 is 27.6. The number of nitrogens with zero attached hydrogens (tertiary/aromatic N) is 2. The van der Waals surface area contributed by atoms with Crippen LogP contribution in [-0.2, 0) is 32.6 Å². The van der Waals surface area contributed by atoms with Crippen molar-refractivity contribution in [2.24, 2.45) is 5.41 Å². The fourth-order valence-corrected chi connectivity index (χ4v) is 6.24. The van der Waals surface area contributed by atoms with E-state index >= 15 is 0 Å². The van der Waals surface area contributed by atoms with Gasteiger partial charge in [0.2, 0.25) is 17.7 Å². The quantitative estimate of drug-likeness (QED) is 0.513. The van der Waals surface area contributed by atoms with E-state index in [1.165, 1.54) is 11.0 Å². The van der Waals surface area contributed by atoms with Crippen molar-refractivity contribution in [3.8, 4) is 0 Å². The number of halogens is 2. The van der Waals surface area contributed by atoms with E-state index in [4.69, 9.17) is 0 Å². The molecule has 1 aromatic heterocycles. The minimum atomic E-state index is -0.987. The lowest BCUT2D eigenvalue weighted by atomic mass is 9.78. The molecule has 3 amide bonds. The maximum absolute atomic E-state index is 14.0. The van der Waals surface area contributed by atoms with E-state index in [0.29, 0.717) is 42.8 Å². The SMILES string of the molecule is CC1(C)CC[C@@H](c2ccc(F)c(F)c2)N(CC(=O)Nc2ccc3c(c2)C[C@@]2(C3)C(=O)Nc3ncccc32)C1=O. The van der Waals surface area contributed by atoms with Crippen LogP contribution in [0.15, 0.2) is 54.7 Å². The Kier molecular flexibility index (Phi) is 5.78. The third kappa shape index (κ3) is 4.16. The molecule has 2 aromatic carbocycles. The van der Waals surface area contributed by atoms with E-state index in [9.17, 15) is 23.2 Å². The summed E-state index contributed by atoms with van der Waals surface area (Å²) in [7, 11) is 0. The first-order valence-corrected chi connectivity index (χ1v) is 13.0. The van der Waals surface area contributed by atoms with Crippen LogP contribution in [0, 0.1) is 17.0 Å². The predicted molar refractivity (Wildman–Crippen MR) is 141 cm³/mol. The first-order chi connectivity index (χ1) is 18.6. The Labute approximate surface area is 224 Å². The molecule has 2 N–H and O–H groups in total. The Bertz CT molecular complexity index is 1540. The molecule has 3 aromatic rings. The average Bonchev–Trinajstić information content (AvgIpc) is 3.41. The Morgan fingerprint density at radius 3 is 2.67 bits per heavy atom. The number of likely N-dealkylation sites (tertiary alicyclic amines) is 1. The zero-order chi connectivity index (χ0) is 27.5. The Morgan fingerprint density at radius 2 is 1.87 bits per heavy atom. The van der Waals surface area contributed by atoms with E-state index in [1.54, 1.807) is 12.3 Å². The summed E-state index contributed by atoms with van der Waals surface area (Å²) in [6, 6.07) is 12.4. The number of fused-ring (bicyclic) bond motifs is 3. The van der Waals surface area contributed by atoms with E-state index < -0.39 is 34.4 Å². The molecular formula is C30H28F2N4O3. The summed E-state index contributed by atoms with van der Waals surface area (Å²) >= 11 is 0. The summed E-state index contributed by atoms with van der Waals surface area (Å²) in [4.78, 5) is 45.3. The van der Waals surface area contributed by atoms with Crippen LogP contribution in [0.1, 0.15) is 55.0 Å². The van der Waals surface area contributed by atoms with Crippen molar-refractivity contribution in [2.75, 3.05) is 17.2 Å². The van der Waals surface area contributed by atoms with Crippen LogP contribution in [0.4, 0.5) is 20.3 Å².